The van der Waals surface area contributed by atoms with E-state index in [9.17, 15) is 4.79 Å². The van der Waals surface area contributed by atoms with E-state index in [0.29, 0.717) is 13.0 Å². The first-order valence-corrected chi connectivity index (χ1v) is 7.86. The number of likely N-dealkylation sites (tertiary alicyclic amines) is 1. The maximum Gasteiger partial charge on any atom is 0.228 e. The molecule has 21 heavy (non-hydrogen) atoms. The largest absolute Gasteiger partial charge is 0.338 e. The first-order chi connectivity index (χ1) is 10.3. The molecule has 7 heteroatoms. The molecule has 2 aromatic heterocycles. The highest BCUT2D eigenvalue weighted by Crippen LogP contribution is 2.22. The number of carbonyl (C=O) groups excluding carboxylic acids is 1. The monoisotopic (exact) mass is 303 g/mol. The maximum atomic E-state index is 12.3. The van der Waals surface area contributed by atoms with Crippen molar-refractivity contribution >= 4 is 17.2 Å². The van der Waals surface area contributed by atoms with Gasteiger partial charge in [-0.2, -0.15) is 0 Å². The summed E-state index contributed by atoms with van der Waals surface area (Å²) in [7, 11) is 0. The van der Waals surface area contributed by atoms with Gasteiger partial charge >= 0.3 is 0 Å². The Bertz CT molecular complexity index is 615. The van der Waals surface area contributed by atoms with Gasteiger partial charge in [-0.15, -0.1) is 11.3 Å². The second-order valence-electron chi connectivity index (χ2n) is 5.03. The van der Waals surface area contributed by atoms with E-state index in [4.69, 9.17) is 5.73 Å². The molecule has 3 heterocycles. The Balaban J connectivity index is 1.69. The number of thiazole rings is 1. The predicted octanol–water partition coefficient (Wildman–Crippen LogP) is 1.09. The molecule has 0 saturated carbocycles. The molecule has 3 rings (SSSR count). The SMILES string of the molecule is NC[C@@H]1CCCN1C(=O)Cc1csc(-c2cnccn2)n1. The highest BCUT2D eigenvalue weighted by molar-refractivity contribution is 7.13. The average Bonchev–Trinajstić information content (AvgIpc) is 3.16. The van der Waals surface area contributed by atoms with Crippen LogP contribution in [0.2, 0.25) is 0 Å². The lowest BCUT2D eigenvalue weighted by Crippen LogP contribution is -2.40. The Morgan fingerprint density at radius 2 is 2.38 bits per heavy atom. The van der Waals surface area contributed by atoms with Crippen LogP contribution in [0, 0.1) is 0 Å². The van der Waals surface area contributed by atoms with E-state index in [0.717, 1.165) is 35.8 Å². The van der Waals surface area contributed by atoms with E-state index in [1.165, 1.54) is 11.3 Å². The van der Waals surface area contributed by atoms with Crippen molar-refractivity contribution < 1.29 is 4.79 Å². The lowest BCUT2D eigenvalue weighted by molar-refractivity contribution is -0.131. The van der Waals surface area contributed by atoms with E-state index < -0.39 is 0 Å². The summed E-state index contributed by atoms with van der Waals surface area (Å²) in [6, 6.07) is 0.190. The molecule has 0 aliphatic carbocycles. The molecule has 110 valence electrons. The molecule has 1 amide bonds. The van der Waals surface area contributed by atoms with Crippen molar-refractivity contribution in [3.05, 3.63) is 29.7 Å². The summed E-state index contributed by atoms with van der Waals surface area (Å²) in [6.45, 7) is 1.34. The van der Waals surface area contributed by atoms with Gasteiger partial charge in [-0.25, -0.2) is 4.98 Å². The van der Waals surface area contributed by atoms with Crippen molar-refractivity contribution in [3.63, 3.8) is 0 Å². The van der Waals surface area contributed by atoms with Gasteiger partial charge in [0.2, 0.25) is 5.91 Å². The molecule has 1 saturated heterocycles. The minimum absolute atomic E-state index is 0.110. The van der Waals surface area contributed by atoms with Gasteiger partial charge < -0.3 is 10.6 Å². The Morgan fingerprint density at radius 1 is 1.48 bits per heavy atom. The summed E-state index contributed by atoms with van der Waals surface area (Å²) < 4.78 is 0. The molecular weight excluding hydrogens is 286 g/mol. The van der Waals surface area contributed by atoms with Crippen LogP contribution in [0.4, 0.5) is 0 Å². The number of hydrogen-bond acceptors (Lipinski definition) is 6. The molecule has 1 aliphatic rings. The summed E-state index contributed by atoms with van der Waals surface area (Å²) in [4.78, 5) is 27.0. The van der Waals surface area contributed by atoms with Crippen LogP contribution in [0.3, 0.4) is 0 Å². The van der Waals surface area contributed by atoms with Crippen LogP contribution in [0.5, 0.6) is 0 Å². The number of carbonyl (C=O) groups is 1. The zero-order chi connectivity index (χ0) is 14.7. The zero-order valence-electron chi connectivity index (χ0n) is 11.6. The molecule has 2 aromatic rings. The van der Waals surface area contributed by atoms with Crippen LogP contribution in [0.1, 0.15) is 18.5 Å². The van der Waals surface area contributed by atoms with Crippen LogP contribution in [0.25, 0.3) is 10.7 Å². The van der Waals surface area contributed by atoms with Crippen LogP contribution in [-0.4, -0.2) is 44.9 Å². The Hall–Kier alpha value is -1.86. The molecule has 0 spiro atoms. The molecule has 0 aromatic carbocycles. The van der Waals surface area contributed by atoms with Gasteiger partial charge in [0.15, 0.2) is 0 Å². The van der Waals surface area contributed by atoms with E-state index in [1.807, 2.05) is 10.3 Å². The van der Waals surface area contributed by atoms with Crippen molar-refractivity contribution in [1.29, 1.82) is 0 Å². The third-order valence-electron chi connectivity index (χ3n) is 3.64. The normalized spacial score (nSPS) is 18.1. The standard InChI is InChI=1S/C14H17N5OS/c15-7-11-2-1-5-19(11)13(20)6-10-9-21-14(18-10)12-8-16-3-4-17-12/h3-4,8-9,11H,1-2,5-7,15H2/t11-/m0/s1. The minimum Gasteiger partial charge on any atom is -0.338 e. The fraction of sp³-hybridized carbons (Fsp3) is 0.429. The fourth-order valence-corrected chi connectivity index (χ4v) is 3.36. The number of nitrogens with zero attached hydrogens (tertiary/aromatic N) is 4. The van der Waals surface area contributed by atoms with Gasteiger partial charge in [0.05, 0.1) is 18.3 Å². The molecule has 1 aliphatic heterocycles. The van der Waals surface area contributed by atoms with Crippen molar-refractivity contribution in [2.24, 2.45) is 5.73 Å². The number of amides is 1. The summed E-state index contributed by atoms with van der Waals surface area (Å²) in [5.41, 5.74) is 7.24. The smallest absolute Gasteiger partial charge is 0.228 e. The quantitative estimate of drug-likeness (QED) is 0.914. The molecule has 0 bridgehead atoms. The molecule has 2 N–H and O–H groups in total. The first-order valence-electron chi connectivity index (χ1n) is 6.98. The van der Waals surface area contributed by atoms with E-state index in [2.05, 4.69) is 15.0 Å². The Morgan fingerprint density at radius 3 is 3.14 bits per heavy atom. The number of hydrogen-bond donors (Lipinski definition) is 1. The first kappa shape index (κ1) is 14.1. The summed E-state index contributed by atoms with van der Waals surface area (Å²) >= 11 is 1.48. The zero-order valence-corrected chi connectivity index (χ0v) is 12.4. The third kappa shape index (κ3) is 3.08. The fourth-order valence-electron chi connectivity index (χ4n) is 2.58. The number of rotatable bonds is 4. The highest BCUT2D eigenvalue weighted by Gasteiger charge is 2.27. The van der Waals surface area contributed by atoms with Crippen molar-refractivity contribution in [3.8, 4) is 10.7 Å². The minimum atomic E-state index is 0.110. The predicted molar refractivity (Wildman–Crippen MR) is 80.6 cm³/mol. The summed E-state index contributed by atoms with van der Waals surface area (Å²) in [6.07, 6.45) is 7.31. The molecule has 1 fully saturated rings. The Labute approximate surface area is 127 Å². The highest BCUT2D eigenvalue weighted by atomic mass is 32.1. The molecule has 6 nitrogen and oxygen atoms in total. The van der Waals surface area contributed by atoms with Gasteiger partial charge in [0, 0.05) is 36.9 Å². The van der Waals surface area contributed by atoms with E-state index in [1.54, 1.807) is 18.6 Å². The van der Waals surface area contributed by atoms with Crippen molar-refractivity contribution in [2.45, 2.75) is 25.3 Å². The van der Waals surface area contributed by atoms with E-state index in [-0.39, 0.29) is 11.9 Å². The average molecular weight is 303 g/mol. The number of nitrogens with two attached hydrogens (primary N) is 1. The van der Waals surface area contributed by atoms with Gasteiger partial charge in [0.1, 0.15) is 10.7 Å². The Kier molecular flexibility index (Phi) is 4.21. The summed E-state index contributed by atoms with van der Waals surface area (Å²) in [5.74, 6) is 0.110. The third-order valence-corrected chi connectivity index (χ3v) is 4.55. The van der Waals surface area contributed by atoms with Gasteiger partial charge in [-0.1, -0.05) is 0 Å². The maximum absolute atomic E-state index is 12.3. The summed E-state index contributed by atoms with van der Waals surface area (Å²) in [5, 5.41) is 2.71. The van der Waals surface area contributed by atoms with Gasteiger partial charge in [-0.05, 0) is 12.8 Å². The lowest BCUT2D eigenvalue weighted by atomic mass is 10.2. The second kappa shape index (κ2) is 6.28. The number of aromatic nitrogens is 3. The molecular formula is C14H17N5OS. The molecule has 0 radical (unpaired) electrons. The lowest BCUT2D eigenvalue weighted by Gasteiger charge is -2.23. The van der Waals surface area contributed by atoms with Crippen LogP contribution < -0.4 is 5.73 Å². The topological polar surface area (TPSA) is 85.0 Å². The van der Waals surface area contributed by atoms with Gasteiger partial charge in [0.25, 0.3) is 0 Å². The van der Waals surface area contributed by atoms with Crippen LogP contribution >= 0.6 is 11.3 Å². The van der Waals surface area contributed by atoms with E-state index >= 15 is 0 Å². The molecule has 1 atom stereocenters. The molecule has 0 unspecified atom stereocenters. The van der Waals surface area contributed by atoms with Gasteiger partial charge in [-0.3, -0.25) is 14.8 Å². The second-order valence-corrected chi connectivity index (χ2v) is 5.89. The van der Waals surface area contributed by atoms with Crippen molar-refractivity contribution in [1.82, 2.24) is 19.9 Å². The van der Waals surface area contributed by atoms with Crippen molar-refractivity contribution in [2.75, 3.05) is 13.1 Å². The van der Waals surface area contributed by atoms with Crippen LogP contribution in [-0.2, 0) is 11.2 Å². The van der Waals surface area contributed by atoms with Crippen LogP contribution in [0.15, 0.2) is 24.0 Å².